The quantitative estimate of drug-likeness (QED) is 0.176. The number of anilines is 2. The zero-order chi connectivity index (χ0) is 29.6. The molecule has 3 aliphatic rings. The predicted octanol–water partition coefficient (Wildman–Crippen LogP) is 10.4. The monoisotopic (exact) mass is 627 g/mol. The first-order chi connectivity index (χ1) is 22.2. The van der Waals surface area contributed by atoms with Crippen LogP contribution >= 0.6 is 22.7 Å². The van der Waals surface area contributed by atoms with Crippen molar-refractivity contribution in [2.24, 2.45) is 5.92 Å². The maximum Gasteiger partial charge on any atom is 0.101 e. The van der Waals surface area contributed by atoms with Gasteiger partial charge in [-0.25, -0.2) is 0 Å². The van der Waals surface area contributed by atoms with Crippen molar-refractivity contribution >= 4 is 95.1 Å². The number of rotatable bonds is 3. The molecule has 214 valence electrons. The molecule has 0 bridgehead atoms. The average molecular weight is 628 g/mol. The van der Waals surface area contributed by atoms with Crippen LogP contribution < -0.4 is 15.3 Å². The summed E-state index contributed by atoms with van der Waals surface area (Å²) in [6.45, 7) is 2.52. The minimum Gasteiger partial charge on any atom is -0.314 e. The summed E-state index contributed by atoms with van der Waals surface area (Å²) in [5, 5.41) is 7.30. The lowest BCUT2D eigenvalue weighted by Crippen LogP contribution is -2.34. The van der Waals surface area contributed by atoms with Gasteiger partial charge in [0.05, 0.1) is 0 Å². The van der Waals surface area contributed by atoms with E-state index >= 15 is 0 Å². The van der Waals surface area contributed by atoms with E-state index in [-0.39, 0.29) is 0 Å². The van der Waals surface area contributed by atoms with Crippen molar-refractivity contribution in [3.05, 3.63) is 144 Å². The molecule has 2 aliphatic carbocycles. The van der Waals surface area contributed by atoms with E-state index in [1.165, 1.54) is 74.5 Å². The van der Waals surface area contributed by atoms with E-state index in [1.807, 2.05) is 22.7 Å². The number of hydrogen-bond donors (Lipinski definition) is 0. The second-order valence-electron chi connectivity index (χ2n) is 12.5. The largest absolute Gasteiger partial charge is 0.314 e. The number of benzene rings is 5. The molecule has 10 rings (SSSR count). The topological polar surface area (TPSA) is 3.24 Å². The zero-order valence-electron chi connectivity index (χ0n) is 24.8. The molecule has 1 aliphatic heterocycles. The maximum atomic E-state index is 2.53. The summed E-state index contributed by atoms with van der Waals surface area (Å²) in [6.07, 6.45) is 10.6. The molecule has 0 radical (unpaired) electrons. The van der Waals surface area contributed by atoms with Crippen LogP contribution in [0.1, 0.15) is 16.9 Å². The summed E-state index contributed by atoms with van der Waals surface area (Å²) in [7, 11) is -1.34. The standard InChI is InChI=1S/C41H29NS2Si/c1-45-37-22-21-33-31-12-6-8-14-36(31)44-41(33)39(37)34-20-17-28(24-38(34)45)42(26-9-3-2-4-10-26)27-16-19-29-25(23-27)15-18-32-30-11-5-7-13-35(30)43-40(29)32/h2-22,24-25,45H,23H2,1H3. The molecule has 0 amide bonds. The van der Waals surface area contributed by atoms with E-state index in [2.05, 4.69) is 145 Å². The fraction of sp³-hybridized carbons (Fsp3) is 0.0732. The lowest BCUT2D eigenvalue weighted by Gasteiger charge is -2.33. The van der Waals surface area contributed by atoms with E-state index in [4.69, 9.17) is 0 Å². The Morgan fingerprint density at radius 3 is 2.33 bits per heavy atom. The molecule has 0 saturated carbocycles. The third kappa shape index (κ3) is 3.77. The van der Waals surface area contributed by atoms with Gasteiger partial charge >= 0.3 is 0 Å². The van der Waals surface area contributed by atoms with Gasteiger partial charge in [-0.3, -0.25) is 0 Å². The second-order valence-corrected chi connectivity index (χ2v) is 17.3. The van der Waals surface area contributed by atoms with Crippen LogP contribution in [0.15, 0.2) is 133 Å². The Morgan fingerprint density at radius 2 is 1.47 bits per heavy atom. The Labute approximate surface area is 272 Å². The van der Waals surface area contributed by atoms with Crippen LogP contribution in [0.4, 0.5) is 11.4 Å². The molecule has 5 aromatic carbocycles. The van der Waals surface area contributed by atoms with Crippen molar-refractivity contribution in [3.8, 4) is 11.1 Å². The van der Waals surface area contributed by atoms with Crippen molar-refractivity contribution in [1.29, 1.82) is 0 Å². The number of allylic oxidation sites excluding steroid dienone is 5. The molecule has 2 aromatic heterocycles. The molecule has 2 unspecified atom stereocenters. The summed E-state index contributed by atoms with van der Waals surface area (Å²) in [5.41, 5.74) is 9.63. The fourth-order valence-electron chi connectivity index (χ4n) is 7.90. The smallest absolute Gasteiger partial charge is 0.101 e. The van der Waals surface area contributed by atoms with Gasteiger partial charge in [0.25, 0.3) is 0 Å². The van der Waals surface area contributed by atoms with Gasteiger partial charge in [-0.05, 0) is 76.0 Å². The molecule has 0 saturated heterocycles. The Kier molecular flexibility index (Phi) is 5.59. The van der Waals surface area contributed by atoms with Crippen LogP contribution in [0, 0.1) is 5.92 Å². The van der Waals surface area contributed by atoms with Gasteiger partial charge in [0.2, 0.25) is 0 Å². The van der Waals surface area contributed by atoms with E-state index < -0.39 is 8.80 Å². The minimum absolute atomic E-state index is 0.380. The van der Waals surface area contributed by atoms with Gasteiger partial charge in [-0.2, -0.15) is 0 Å². The number of hydrogen-bond acceptors (Lipinski definition) is 3. The minimum atomic E-state index is -1.34. The molecule has 0 N–H and O–H groups in total. The normalized spacial score (nSPS) is 18.0. The van der Waals surface area contributed by atoms with Crippen molar-refractivity contribution in [2.45, 2.75) is 13.0 Å². The number of thiophene rings is 2. The van der Waals surface area contributed by atoms with Gasteiger partial charge < -0.3 is 4.90 Å². The molecular formula is C41H29NS2Si. The van der Waals surface area contributed by atoms with E-state index in [0.29, 0.717) is 5.92 Å². The van der Waals surface area contributed by atoms with Crippen LogP contribution in [0.25, 0.3) is 53.0 Å². The summed E-state index contributed by atoms with van der Waals surface area (Å²) in [5.74, 6) is 0.380. The van der Waals surface area contributed by atoms with Crippen LogP contribution in [0.3, 0.4) is 0 Å². The van der Waals surface area contributed by atoms with Gasteiger partial charge in [0.1, 0.15) is 8.80 Å². The first-order valence-electron chi connectivity index (χ1n) is 15.8. The molecule has 3 heterocycles. The van der Waals surface area contributed by atoms with Crippen LogP contribution in [-0.2, 0) is 0 Å². The predicted molar refractivity (Wildman–Crippen MR) is 201 cm³/mol. The van der Waals surface area contributed by atoms with Crippen molar-refractivity contribution in [3.63, 3.8) is 0 Å². The molecule has 7 aromatic rings. The maximum absolute atomic E-state index is 2.53. The highest BCUT2D eigenvalue weighted by molar-refractivity contribution is 7.26. The molecule has 2 atom stereocenters. The van der Waals surface area contributed by atoms with Crippen LogP contribution in [0.5, 0.6) is 0 Å². The molecule has 1 nitrogen and oxygen atoms in total. The Bertz CT molecular complexity index is 2440. The van der Waals surface area contributed by atoms with Gasteiger partial charge in [-0.1, -0.05) is 97.6 Å². The number of para-hydroxylation sites is 1. The van der Waals surface area contributed by atoms with Crippen molar-refractivity contribution < 1.29 is 0 Å². The highest BCUT2D eigenvalue weighted by Gasteiger charge is 2.32. The van der Waals surface area contributed by atoms with E-state index in [1.54, 1.807) is 10.4 Å². The lowest BCUT2D eigenvalue weighted by atomic mass is 9.82. The van der Waals surface area contributed by atoms with E-state index in [0.717, 1.165) is 6.42 Å². The summed E-state index contributed by atoms with van der Waals surface area (Å²) < 4.78 is 4.21. The lowest BCUT2D eigenvalue weighted by molar-refractivity contribution is 0.786. The first-order valence-corrected chi connectivity index (χ1v) is 19.7. The Hall–Kier alpha value is -4.48. The SMILES string of the molecule is C[SiH]1c2cc(N(C3=CC=C4c5sc6ccccc6c5C=CC4C3)c3ccccc3)ccc2-c2c1ccc1c2sc2ccccc21. The summed E-state index contributed by atoms with van der Waals surface area (Å²) >= 11 is 3.90. The Morgan fingerprint density at radius 1 is 0.689 bits per heavy atom. The second kappa shape index (κ2) is 9.76. The highest BCUT2D eigenvalue weighted by Crippen LogP contribution is 2.48. The molecular weight excluding hydrogens is 599 g/mol. The molecule has 0 spiro atoms. The highest BCUT2D eigenvalue weighted by atomic mass is 32.1. The van der Waals surface area contributed by atoms with Gasteiger partial charge in [-0.15, -0.1) is 22.7 Å². The van der Waals surface area contributed by atoms with Crippen molar-refractivity contribution in [1.82, 2.24) is 0 Å². The third-order valence-corrected chi connectivity index (χ3v) is 15.3. The number of nitrogens with zero attached hydrogens (tertiary/aromatic N) is 1. The first kappa shape index (κ1) is 25.8. The third-order valence-electron chi connectivity index (χ3n) is 10.1. The molecule has 4 heteroatoms. The summed E-state index contributed by atoms with van der Waals surface area (Å²) in [4.78, 5) is 3.95. The van der Waals surface area contributed by atoms with Gasteiger partial charge in [0, 0.05) is 63.7 Å². The van der Waals surface area contributed by atoms with E-state index in [9.17, 15) is 0 Å². The Balaban J connectivity index is 1.10. The number of fused-ring (bicyclic) bond motifs is 12. The average Bonchev–Trinajstić information content (AvgIpc) is 3.75. The summed E-state index contributed by atoms with van der Waals surface area (Å²) in [6, 6.07) is 40.8. The molecule has 45 heavy (non-hydrogen) atoms. The van der Waals surface area contributed by atoms with Crippen LogP contribution in [0.2, 0.25) is 6.55 Å². The zero-order valence-corrected chi connectivity index (χ0v) is 27.6. The van der Waals surface area contributed by atoms with Crippen molar-refractivity contribution in [2.75, 3.05) is 4.90 Å². The van der Waals surface area contributed by atoms with Crippen LogP contribution in [-0.4, -0.2) is 8.80 Å². The molecule has 0 fully saturated rings. The fourth-order valence-corrected chi connectivity index (χ4v) is 13.1. The van der Waals surface area contributed by atoms with Gasteiger partial charge in [0.15, 0.2) is 0 Å².